The summed E-state index contributed by atoms with van der Waals surface area (Å²) in [5, 5.41) is 0.881. The molecule has 2 heterocycles. The maximum atomic E-state index is 4.56. The van der Waals surface area contributed by atoms with E-state index in [1.54, 1.807) is 0 Å². The second-order valence-electron chi connectivity index (χ2n) is 6.29. The van der Waals surface area contributed by atoms with Crippen molar-refractivity contribution in [3.8, 4) is 0 Å². The van der Waals surface area contributed by atoms with Crippen LogP contribution in [0, 0.1) is 11.3 Å². The van der Waals surface area contributed by atoms with E-state index in [-0.39, 0.29) is 0 Å². The zero-order valence-corrected chi connectivity index (χ0v) is 13.2. The minimum absolute atomic E-state index is 0.444. The van der Waals surface area contributed by atoms with Gasteiger partial charge in [0.15, 0.2) is 0 Å². The maximum absolute atomic E-state index is 4.56. The van der Waals surface area contributed by atoms with Crippen molar-refractivity contribution in [2.75, 3.05) is 18.0 Å². The van der Waals surface area contributed by atoms with E-state index in [9.17, 15) is 0 Å². The molecule has 0 unspecified atom stereocenters. The molecule has 100 valence electrons. The highest BCUT2D eigenvalue weighted by atomic mass is 79.9. The number of rotatable bonds is 2. The smallest absolute Gasteiger partial charge is 0.128 e. The number of nitrogens with zero attached hydrogens (tertiary/aromatic N) is 2. The number of anilines is 1. The summed E-state index contributed by atoms with van der Waals surface area (Å²) < 4.78 is 0. The number of aromatic nitrogens is 1. The number of hydrogen-bond donors (Lipinski definition) is 0. The monoisotopic (exact) mass is 310 g/mol. The molecule has 0 atom stereocenters. The average Bonchev–Trinajstić information content (AvgIpc) is 2.38. The van der Waals surface area contributed by atoms with E-state index in [4.69, 9.17) is 0 Å². The Morgan fingerprint density at radius 2 is 1.94 bits per heavy atom. The van der Waals surface area contributed by atoms with Crippen LogP contribution in [-0.2, 0) is 5.33 Å². The Hall–Kier alpha value is -0.570. The van der Waals surface area contributed by atoms with Crippen molar-refractivity contribution in [1.82, 2.24) is 4.98 Å². The van der Waals surface area contributed by atoms with E-state index in [1.165, 1.54) is 18.4 Å². The van der Waals surface area contributed by atoms with E-state index in [2.05, 4.69) is 58.7 Å². The minimum atomic E-state index is 0.444. The second-order valence-corrected chi connectivity index (χ2v) is 6.85. The van der Waals surface area contributed by atoms with Gasteiger partial charge in [-0.15, -0.1) is 0 Å². The highest BCUT2D eigenvalue weighted by Gasteiger charge is 2.28. The molecule has 0 aromatic carbocycles. The lowest BCUT2D eigenvalue weighted by molar-refractivity contribution is 0.198. The lowest BCUT2D eigenvalue weighted by Gasteiger charge is -2.39. The molecule has 1 aromatic heterocycles. The van der Waals surface area contributed by atoms with E-state index >= 15 is 0 Å². The molecule has 0 saturated carbocycles. The summed E-state index contributed by atoms with van der Waals surface area (Å²) in [6, 6.07) is 4.31. The first-order valence-electron chi connectivity index (χ1n) is 6.76. The van der Waals surface area contributed by atoms with Gasteiger partial charge < -0.3 is 4.90 Å². The van der Waals surface area contributed by atoms with Crippen molar-refractivity contribution in [3.05, 3.63) is 23.9 Å². The zero-order valence-electron chi connectivity index (χ0n) is 11.6. The fourth-order valence-corrected chi connectivity index (χ4v) is 2.99. The van der Waals surface area contributed by atoms with Gasteiger partial charge in [-0.2, -0.15) is 0 Å². The largest absolute Gasteiger partial charge is 0.357 e. The number of piperidine rings is 1. The lowest BCUT2D eigenvalue weighted by atomic mass is 9.75. The Balaban J connectivity index is 1.96. The van der Waals surface area contributed by atoms with Crippen molar-refractivity contribution in [1.29, 1.82) is 0 Å². The predicted molar refractivity (Wildman–Crippen MR) is 81.3 cm³/mol. The highest BCUT2D eigenvalue weighted by molar-refractivity contribution is 9.08. The third kappa shape index (κ3) is 3.25. The molecule has 1 saturated heterocycles. The summed E-state index contributed by atoms with van der Waals surface area (Å²) in [4.78, 5) is 6.97. The summed E-state index contributed by atoms with van der Waals surface area (Å²) in [5.41, 5.74) is 1.68. The maximum Gasteiger partial charge on any atom is 0.128 e. The summed E-state index contributed by atoms with van der Waals surface area (Å²) in [7, 11) is 0. The molecule has 0 amide bonds. The number of halogens is 1. The zero-order chi connectivity index (χ0) is 13.2. The van der Waals surface area contributed by atoms with Gasteiger partial charge in [0.2, 0.25) is 0 Å². The predicted octanol–water partition coefficient (Wildman–Crippen LogP) is 4.24. The molecule has 18 heavy (non-hydrogen) atoms. The van der Waals surface area contributed by atoms with Crippen molar-refractivity contribution in [2.24, 2.45) is 11.3 Å². The van der Waals surface area contributed by atoms with Gasteiger partial charge in [-0.25, -0.2) is 4.98 Å². The van der Waals surface area contributed by atoms with Crippen LogP contribution in [0.4, 0.5) is 5.82 Å². The molecule has 1 fully saturated rings. The molecular weight excluding hydrogens is 288 g/mol. The number of pyridine rings is 1. The Labute approximate surface area is 119 Å². The summed E-state index contributed by atoms with van der Waals surface area (Å²) in [5.74, 6) is 1.97. The van der Waals surface area contributed by atoms with E-state index in [0.717, 1.165) is 30.2 Å². The molecular formula is C15H23BrN2. The van der Waals surface area contributed by atoms with Crippen LogP contribution in [0.3, 0.4) is 0 Å². The molecule has 3 heteroatoms. The fourth-order valence-electron chi connectivity index (χ4n) is 2.66. The third-order valence-electron chi connectivity index (χ3n) is 4.01. The van der Waals surface area contributed by atoms with Gasteiger partial charge in [0.25, 0.3) is 0 Å². The summed E-state index contributed by atoms with van der Waals surface area (Å²) in [6.45, 7) is 9.36. The molecule has 0 radical (unpaired) electrons. The quantitative estimate of drug-likeness (QED) is 0.760. The highest BCUT2D eigenvalue weighted by Crippen LogP contribution is 2.35. The number of alkyl halides is 1. The van der Waals surface area contributed by atoms with Gasteiger partial charge in [-0.1, -0.05) is 42.8 Å². The van der Waals surface area contributed by atoms with Gasteiger partial charge in [0, 0.05) is 24.6 Å². The molecule has 1 aliphatic rings. The van der Waals surface area contributed by atoms with Crippen molar-refractivity contribution >= 4 is 21.7 Å². The molecule has 1 aliphatic heterocycles. The van der Waals surface area contributed by atoms with Crippen LogP contribution in [0.15, 0.2) is 18.3 Å². The van der Waals surface area contributed by atoms with Crippen LogP contribution < -0.4 is 4.90 Å². The Kier molecular flexibility index (Phi) is 4.31. The van der Waals surface area contributed by atoms with Gasteiger partial charge in [-0.3, -0.25) is 0 Å². The second kappa shape index (κ2) is 5.60. The fraction of sp³-hybridized carbons (Fsp3) is 0.667. The van der Waals surface area contributed by atoms with E-state index in [1.807, 2.05) is 6.20 Å². The van der Waals surface area contributed by atoms with Crippen LogP contribution in [0.25, 0.3) is 0 Å². The van der Waals surface area contributed by atoms with Crippen LogP contribution in [0.5, 0.6) is 0 Å². The first kappa shape index (κ1) is 13.9. The van der Waals surface area contributed by atoms with Crippen molar-refractivity contribution in [3.63, 3.8) is 0 Å². The Morgan fingerprint density at radius 1 is 1.28 bits per heavy atom. The molecule has 0 aliphatic carbocycles. The van der Waals surface area contributed by atoms with Crippen LogP contribution >= 0.6 is 15.9 Å². The van der Waals surface area contributed by atoms with Crippen molar-refractivity contribution < 1.29 is 0 Å². The van der Waals surface area contributed by atoms with Gasteiger partial charge in [0.1, 0.15) is 5.82 Å². The van der Waals surface area contributed by atoms with Crippen LogP contribution in [-0.4, -0.2) is 18.1 Å². The Morgan fingerprint density at radius 3 is 2.39 bits per heavy atom. The molecule has 0 bridgehead atoms. The molecule has 0 N–H and O–H groups in total. The van der Waals surface area contributed by atoms with Gasteiger partial charge in [-0.05, 0) is 35.8 Å². The molecule has 2 rings (SSSR count). The van der Waals surface area contributed by atoms with Crippen molar-refractivity contribution in [2.45, 2.75) is 38.9 Å². The molecule has 2 nitrogen and oxygen atoms in total. The number of hydrogen-bond acceptors (Lipinski definition) is 2. The summed E-state index contributed by atoms with van der Waals surface area (Å²) >= 11 is 3.45. The van der Waals surface area contributed by atoms with Crippen LogP contribution in [0.2, 0.25) is 0 Å². The normalized spacial score (nSPS) is 18.1. The lowest BCUT2D eigenvalue weighted by Crippen LogP contribution is -2.38. The van der Waals surface area contributed by atoms with Gasteiger partial charge in [0.05, 0.1) is 0 Å². The van der Waals surface area contributed by atoms with Gasteiger partial charge >= 0.3 is 0 Å². The topological polar surface area (TPSA) is 16.1 Å². The molecule has 0 spiro atoms. The standard InChI is InChI=1S/C15H23BrN2/c1-15(2,3)13-6-8-18(9-7-13)14-5-4-12(10-16)11-17-14/h4-5,11,13H,6-10H2,1-3H3. The minimum Gasteiger partial charge on any atom is -0.357 e. The first-order valence-corrected chi connectivity index (χ1v) is 7.88. The first-order chi connectivity index (χ1) is 8.50. The van der Waals surface area contributed by atoms with E-state index in [0.29, 0.717) is 5.41 Å². The van der Waals surface area contributed by atoms with Crippen LogP contribution in [0.1, 0.15) is 39.2 Å². The van der Waals surface area contributed by atoms with E-state index < -0.39 is 0 Å². The average molecular weight is 311 g/mol. The SMILES string of the molecule is CC(C)(C)C1CCN(c2ccc(CBr)cn2)CC1. The molecule has 1 aromatic rings. The summed E-state index contributed by atoms with van der Waals surface area (Å²) in [6.07, 6.45) is 4.54. The third-order valence-corrected chi connectivity index (χ3v) is 4.65. The Bertz CT molecular complexity index is 372.